The lowest BCUT2D eigenvalue weighted by molar-refractivity contribution is -0.142. The van der Waals surface area contributed by atoms with Gasteiger partial charge in [0, 0.05) is 16.6 Å². The smallest absolute Gasteiger partial charge is 0.308 e. The van der Waals surface area contributed by atoms with Crippen molar-refractivity contribution in [2.75, 3.05) is 0 Å². The predicted molar refractivity (Wildman–Crippen MR) is 78.4 cm³/mol. The second-order valence-corrected chi connectivity index (χ2v) is 8.15. The minimum absolute atomic E-state index is 0.0346. The predicted octanol–water partition coefficient (Wildman–Crippen LogP) is 3.35. The van der Waals surface area contributed by atoms with Gasteiger partial charge in [0.2, 0.25) is 0 Å². The molecule has 2 fully saturated rings. The first-order chi connectivity index (χ1) is 8.99. The summed E-state index contributed by atoms with van der Waals surface area (Å²) in [6.45, 7) is 0. The van der Waals surface area contributed by atoms with Crippen LogP contribution >= 0.6 is 43.2 Å². The van der Waals surface area contributed by atoms with Gasteiger partial charge in [-0.05, 0) is 57.2 Å². The van der Waals surface area contributed by atoms with E-state index in [0.717, 1.165) is 21.1 Å². The summed E-state index contributed by atoms with van der Waals surface area (Å²) < 4.78 is 1.75. The van der Waals surface area contributed by atoms with Crippen LogP contribution < -0.4 is 0 Å². The molecule has 3 atom stereocenters. The van der Waals surface area contributed by atoms with E-state index in [1.807, 2.05) is 0 Å². The first kappa shape index (κ1) is 13.6. The Labute approximate surface area is 131 Å². The fourth-order valence-electron chi connectivity index (χ4n) is 3.15. The van der Waals surface area contributed by atoms with Gasteiger partial charge in [-0.1, -0.05) is 0 Å². The zero-order valence-electron chi connectivity index (χ0n) is 9.81. The minimum Gasteiger partial charge on any atom is -0.481 e. The van der Waals surface area contributed by atoms with E-state index >= 15 is 0 Å². The van der Waals surface area contributed by atoms with E-state index in [1.165, 1.54) is 11.3 Å². The highest BCUT2D eigenvalue weighted by Crippen LogP contribution is 2.44. The summed E-state index contributed by atoms with van der Waals surface area (Å²) in [6, 6.07) is 1.76. The third kappa shape index (κ3) is 2.15. The molecular weight excluding hydrogens is 398 g/mol. The van der Waals surface area contributed by atoms with Crippen LogP contribution in [0.2, 0.25) is 0 Å². The van der Waals surface area contributed by atoms with E-state index in [-0.39, 0.29) is 18.0 Å². The Morgan fingerprint density at radius 1 is 1.37 bits per heavy atom. The summed E-state index contributed by atoms with van der Waals surface area (Å²) >= 11 is 8.14. The van der Waals surface area contributed by atoms with Crippen molar-refractivity contribution in [1.82, 2.24) is 4.90 Å². The maximum absolute atomic E-state index is 12.5. The Hall–Kier alpha value is -0.400. The van der Waals surface area contributed by atoms with Crippen LogP contribution in [0, 0.1) is 5.92 Å². The number of fused-ring (bicyclic) bond motifs is 2. The molecule has 4 nitrogen and oxygen atoms in total. The highest BCUT2D eigenvalue weighted by molar-refractivity contribution is 9.13. The van der Waals surface area contributed by atoms with Crippen molar-refractivity contribution >= 4 is 55.1 Å². The summed E-state index contributed by atoms with van der Waals surface area (Å²) in [5, 5.41) is 9.20. The molecule has 0 saturated carbocycles. The van der Waals surface area contributed by atoms with E-state index in [0.29, 0.717) is 11.3 Å². The van der Waals surface area contributed by atoms with Gasteiger partial charge in [0.1, 0.15) is 0 Å². The Morgan fingerprint density at radius 2 is 2.11 bits per heavy atom. The van der Waals surface area contributed by atoms with Crippen LogP contribution in [0.15, 0.2) is 14.3 Å². The monoisotopic (exact) mass is 407 g/mol. The largest absolute Gasteiger partial charge is 0.481 e. The lowest BCUT2D eigenvalue weighted by atomic mass is 9.89. The molecule has 2 aliphatic heterocycles. The number of nitrogens with zero attached hydrogens (tertiary/aromatic N) is 1. The maximum atomic E-state index is 12.5. The fourth-order valence-corrected chi connectivity index (χ4v) is 5.13. The molecule has 1 aromatic heterocycles. The summed E-state index contributed by atoms with van der Waals surface area (Å²) in [7, 11) is 0. The zero-order chi connectivity index (χ0) is 13.7. The average molecular weight is 409 g/mol. The van der Waals surface area contributed by atoms with Crippen LogP contribution in [0.4, 0.5) is 0 Å². The number of hydrogen-bond donors (Lipinski definition) is 1. The summed E-state index contributed by atoms with van der Waals surface area (Å²) in [5.74, 6) is -1.21. The number of carboxylic acids is 1. The molecule has 3 heterocycles. The number of rotatable bonds is 2. The summed E-state index contributed by atoms with van der Waals surface area (Å²) in [5.41, 5.74) is 0. The van der Waals surface area contributed by atoms with Crippen molar-refractivity contribution < 1.29 is 14.7 Å². The maximum Gasteiger partial charge on any atom is 0.308 e. The molecule has 2 aliphatic rings. The molecule has 0 spiro atoms. The number of aliphatic carboxylic acids is 1. The van der Waals surface area contributed by atoms with Gasteiger partial charge >= 0.3 is 5.97 Å². The number of carboxylic acid groups (broad SMARTS) is 1. The fraction of sp³-hybridized carbons (Fsp3) is 0.500. The van der Waals surface area contributed by atoms with Crippen molar-refractivity contribution in [1.29, 1.82) is 0 Å². The van der Waals surface area contributed by atoms with E-state index in [2.05, 4.69) is 31.9 Å². The number of amides is 1. The molecule has 1 amide bonds. The second-order valence-electron chi connectivity index (χ2n) is 4.92. The lowest BCUT2D eigenvalue weighted by Gasteiger charge is -2.22. The topological polar surface area (TPSA) is 57.6 Å². The quantitative estimate of drug-likeness (QED) is 0.816. The van der Waals surface area contributed by atoms with Gasteiger partial charge in [-0.15, -0.1) is 11.3 Å². The number of thiophene rings is 1. The molecule has 1 aromatic rings. The Balaban J connectivity index is 1.87. The molecule has 0 aromatic carbocycles. The average Bonchev–Trinajstić information content (AvgIpc) is 3.02. The number of carbonyl (C=O) groups is 2. The molecule has 0 radical (unpaired) electrons. The van der Waals surface area contributed by atoms with Gasteiger partial charge in [0.05, 0.1) is 14.6 Å². The second kappa shape index (κ2) is 4.86. The molecule has 0 aliphatic carbocycles. The standard InChI is InChI=1S/C12H11Br2NO3S/c13-7-4-9(19-10(7)14)11(16)15-5-1-2-8(15)6(3-5)12(17)18/h4-6,8H,1-3H2,(H,17,18). The minimum atomic E-state index is -0.779. The number of carbonyl (C=O) groups excluding carboxylic acids is 1. The highest BCUT2D eigenvalue weighted by Gasteiger charge is 2.51. The van der Waals surface area contributed by atoms with Crippen molar-refractivity contribution in [2.24, 2.45) is 5.92 Å². The Morgan fingerprint density at radius 3 is 2.63 bits per heavy atom. The summed E-state index contributed by atoms with van der Waals surface area (Å²) in [6.07, 6.45) is 2.33. The molecule has 7 heteroatoms. The van der Waals surface area contributed by atoms with Crippen molar-refractivity contribution in [3.63, 3.8) is 0 Å². The highest BCUT2D eigenvalue weighted by atomic mass is 79.9. The van der Waals surface area contributed by atoms with Crippen LogP contribution in [-0.4, -0.2) is 34.0 Å². The van der Waals surface area contributed by atoms with Crippen molar-refractivity contribution in [3.05, 3.63) is 19.2 Å². The molecule has 19 heavy (non-hydrogen) atoms. The van der Waals surface area contributed by atoms with E-state index in [4.69, 9.17) is 0 Å². The molecule has 3 rings (SSSR count). The molecule has 2 bridgehead atoms. The zero-order valence-corrected chi connectivity index (χ0v) is 13.8. The van der Waals surface area contributed by atoms with E-state index < -0.39 is 11.9 Å². The molecule has 102 valence electrons. The van der Waals surface area contributed by atoms with Crippen LogP contribution in [0.25, 0.3) is 0 Å². The van der Waals surface area contributed by atoms with Crippen LogP contribution in [0.5, 0.6) is 0 Å². The van der Waals surface area contributed by atoms with Gasteiger partial charge in [-0.3, -0.25) is 9.59 Å². The Bertz CT molecular complexity index is 540. The first-order valence-corrected chi connectivity index (χ1v) is 8.39. The lowest BCUT2D eigenvalue weighted by Crippen LogP contribution is -2.37. The third-order valence-corrected chi connectivity index (χ3v) is 7.19. The van der Waals surface area contributed by atoms with Gasteiger partial charge in [0.15, 0.2) is 0 Å². The molecular formula is C12H11Br2NO3S. The van der Waals surface area contributed by atoms with Crippen LogP contribution in [-0.2, 0) is 4.79 Å². The number of halogens is 2. The van der Waals surface area contributed by atoms with Crippen LogP contribution in [0.1, 0.15) is 28.9 Å². The van der Waals surface area contributed by atoms with Crippen molar-refractivity contribution in [3.8, 4) is 0 Å². The van der Waals surface area contributed by atoms with Crippen LogP contribution in [0.3, 0.4) is 0 Å². The van der Waals surface area contributed by atoms with Gasteiger partial charge in [-0.25, -0.2) is 0 Å². The van der Waals surface area contributed by atoms with Gasteiger partial charge < -0.3 is 10.0 Å². The molecule has 2 saturated heterocycles. The first-order valence-electron chi connectivity index (χ1n) is 5.99. The number of hydrogen-bond acceptors (Lipinski definition) is 3. The third-order valence-electron chi connectivity index (χ3n) is 3.94. The normalized spacial score (nSPS) is 28.9. The van der Waals surface area contributed by atoms with E-state index in [1.54, 1.807) is 11.0 Å². The van der Waals surface area contributed by atoms with E-state index in [9.17, 15) is 14.7 Å². The Kier molecular flexibility index (Phi) is 3.47. The van der Waals surface area contributed by atoms with Gasteiger partial charge in [0.25, 0.3) is 5.91 Å². The SMILES string of the molecule is O=C(O)C1CC2CCC1N2C(=O)c1cc(Br)c(Br)s1. The van der Waals surface area contributed by atoms with Crippen molar-refractivity contribution in [2.45, 2.75) is 31.3 Å². The summed E-state index contributed by atoms with van der Waals surface area (Å²) in [4.78, 5) is 26.2. The molecule has 1 N–H and O–H groups in total. The van der Waals surface area contributed by atoms with Gasteiger partial charge in [-0.2, -0.15) is 0 Å². The molecule has 3 unspecified atom stereocenters.